The Kier molecular flexibility index (Phi) is 6.45. The van der Waals surface area contributed by atoms with Crippen LogP contribution < -0.4 is 10.2 Å². The van der Waals surface area contributed by atoms with Crippen LogP contribution in [-0.4, -0.2) is 34.6 Å². The Balaban J connectivity index is 1.80. The van der Waals surface area contributed by atoms with E-state index in [-0.39, 0.29) is 23.7 Å². The predicted octanol–water partition coefficient (Wildman–Crippen LogP) is 5.31. The van der Waals surface area contributed by atoms with Gasteiger partial charge in [0.05, 0.1) is 5.69 Å². The number of aromatic hydroxyl groups is 1. The van der Waals surface area contributed by atoms with Gasteiger partial charge in [0.25, 0.3) is 0 Å². The molecule has 4 rings (SSSR count). The van der Waals surface area contributed by atoms with Crippen molar-refractivity contribution < 1.29 is 9.90 Å². The normalized spacial score (nSPS) is 16.7. The third-order valence-corrected chi connectivity index (χ3v) is 6.30. The summed E-state index contributed by atoms with van der Waals surface area (Å²) in [6.45, 7) is 6.98. The summed E-state index contributed by atoms with van der Waals surface area (Å²) in [7, 11) is 0. The lowest BCUT2D eigenvalue weighted by Gasteiger charge is -2.27. The summed E-state index contributed by atoms with van der Waals surface area (Å²) in [6.07, 6.45) is 2.65. The minimum absolute atomic E-state index is 0.0593. The summed E-state index contributed by atoms with van der Waals surface area (Å²) in [6, 6.07) is 19.5. The maximum Gasteiger partial charge on any atom is 0.242 e. The van der Waals surface area contributed by atoms with Gasteiger partial charge < -0.3 is 15.3 Å². The van der Waals surface area contributed by atoms with E-state index in [2.05, 4.69) is 42.3 Å². The van der Waals surface area contributed by atoms with Crippen molar-refractivity contribution in [2.24, 2.45) is 0 Å². The van der Waals surface area contributed by atoms with Crippen LogP contribution in [0.2, 0.25) is 0 Å². The van der Waals surface area contributed by atoms with Crippen LogP contribution in [0.15, 0.2) is 60.7 Å². The molecule has 0 spiro atoms. The van der Waals surface area contributed by atoms with Crippen molar-refractivity contribution in [1.29, 1.82) is 0 Å². The number of carbonyl (C=O) groups is 1. The van der Waals surface area contributed by atoms with E-state index in [1.54, 1.807) is 12.1 Å². The highest BCUT2D eigenvalue weighted by molar-refractivity contribution is 5.86. The molecule has 2 heterocycles. The first-order valence-electron chi connectivity index (χ1n) is 11.4. The highest BCUT2D eigenvalue weighted by Gasteiger charge is 2.32. The monoisotopic (exact) mass is 429 g/mol. The second kappa shape index (κ2) is 9.43. The number of hydrogen-bond acceptors (Lipinski definition) is 4. The Hall–Kier alpha value is -3.34. The third kappa shape index (κ3) is 4.47. The Morgan fingerprint density at radius 2 is 1.88 bits per heavy atom. The van der Waals surface area contributed by atoms with Crippen molar-refractivity contribution in [3.05, 3.63) is 66.2 Å². The van der Waals surface area contributed by atoms with E-state index in [4.69, 9.17) is 4.98 Å². The standard InChI is InChI=1S/C27H31N3O2/c1-4-19(3)28-27(32)24-13-9-15-30(24)26-17-20(21-11-6-5-10-18(21)2)16-23(29-26)22-12-7-8-14-25(22)31/h5-8,10-12,14,16-17,19,24,31H,4,9,13,15H2,1-3H3,(H,28,32)/t19?,24-/m0/s1. The average Bonchev–Trinajstić information content (AvgIpc) is 3.29. The summed E-state index contributed by atoms with van der Waals surface area (Å²) in [5.41, 5.74) is 4.70. The van der Waals surface area contributed by atoms with Crippen molar-refractivity contribution in [1.82, 2.24) is 10.3 Å². The Bertz CT molecular complexity index is 1050. The van der Waals surface area contributed by atoms with Gasteiger partial charge in [0.1, 0.15) is 17.6 Å². The Morgan fingerprint density at radius 3 is 2.59 bits per heavy atom. The molecule has 1 aromatic heterocycles. The number of pyridine rings is 1. The molecular formula is C27H31N3O2. The van der Waals surface area contributed by atoms with Crippen molar-refractivity contribution in [3.8, 4) is 28.1 Å². The van der Waals surface area contributed by atoms with Crippen LogP contribution in [0.25, 0.3) is 22.4 Å². The molecule has 0 bridgehead atoms. The van der Waals surface area contributed by atoms with E-state index in [9.17, 15) is 9.90 Å². The number of amides is 1. The number of benzene rings is 2. The Labute approximate surface area is 190 Å². The van der Waals surface area contributed by atoms with Gasteiger partial charge in [0.2, 0.25) is 5.91 Å². The van der Waals surface area contributed by atoms with E-state index in [1.807, 2.05) is 37.3 Å². The molecule has 1 saturated heterocycles. The first-order valence-corrected chi connectivity index (χ1v) is 11.4. The molecule has 2 atom stereocenters. The fourth-order valence-corrected chi connectivity index (χ4v) is 4.30. The quantitative estimate of drug-likeness (QED) is 0.557. The molecule has 2 aromatic carbocycles. The molecule has 32 heavy (non-hydrogen) atoms. The molecule has 1 aliphatic heterocycles. The molecule has 1 fully saturated rings. The number of nitrogens with one attached hydrogen (secondary N) is 1. The maximum absolute atomic E-state index is 13.0. The average molecular weight is 430 g/mol. The molecular weight excluding hydrogens is 398 g/mol. The minimum atomic E-state index is -0.235. The smallest absolute Gasteiger partial charge is 0.242 e. The van der Waals surface area contributed by atoms with E-state index in [1.165, 1.54) is 5.56 Å². The molecule has 5 heteroatoms. The zero-order chi connectivity index (χ0) is 22.7. The number of aryl methyl sites for hydroxylation is 1. The largest absolute Gasteiger partial charge is 0.507 e. The molecule has 1 unspecified atom stereocenters. The second-order valence-electron chi connectivity index (χ2n) is 8.60. The number of carbonyl (C=O) groups excluding carboxylic acids is 1. The molecule has 0 saturated carbocycles. The Morgan fingerprint density at radius 1 is 1.16 bits per heavy atom. The summed E-state index contributed by atoms with van der Waals surface area (Å²) in [5.74, 6) is 1.02. The van der Waals surface area contributed by atoms with E-state index >= 15 is 0 Å². The van der Waals surface area contributed by atoms with Gasteiger partial charge in [-0.25, -0.2) is 4.98 Å². The minimum Gasteiger partial charge on any atom is -0.507 e. The van der Waals surface area contributed by atoms with Crippen LogP contribution >= 0.6 is 0 Å². The zero-order valence-corrected chi connectivity index (χ0v) is 19.0. The number of anilines is 1. The van der Waals surface area contributed by atoms with Gasteiger partial charge in [-0.05, 0) is 74.1 Å². The number of aromatic nitrogens is 1. The lowest BCUT2D eigenvalue weighted by molar-refractivity contribution is -0.122. The van der Waals surface area contributed by atoms with Gasteiger partial charge >= 0.3 is 0 Å². The van der Waals surface area contributed by atoms with Gasteiger partial charge in [-0.2, -0.15) is 0 Å². The molecule has 166 valence electrons. The predicted molar refractivity (Wildman–Crippen MR) is 130 cm³/mol. The number of rotatable bonds is 6. The summed E-state index contributed by atoms with van der Waals surface area (Å²) in [4.78, 5) is 20.0. The number of phenols is 1. The first-order chi connectivity index (χ1) is 15.5. The van der Waals surface area contributed by atoms with E-state index < -0.39 is 0 Å². The van der Waals surface area contributed by atoms with Crippen molar-refractivity contribution in [3.63, 3.8) is 0 Å². The van der Waals surface area contributed by atoms with Crippen LogP contribution in [0.1, 0.15) is 38.7 Å². The highest BCUT2D eigenvalue weighted by atomic mass is 16.3. The van der Waals surface area contributed by atoms with Gasteiger partial charge in [0.15, 0.2) is 0 Å². The van der Waals surface area contributed by atoms with Crippen LogP contribution in [0.5, 0.6) is 5.75 Å². The number of hydrogen-bond donors (Lipinski definition) is 2. The molecule has 3 aromatic rings. The summed E-state index contributed by atoms with van der Waals surface area (Å²) >= 11 is 0. The SMILES string of the molecule is CCC(C)NC(=O)[C@@H]1CCCN1c1cc(-c2ccccc2C)cc(-c2ccccc2O)n1. The number of nitrogens with zero attached hydrogens (tertiary/aromatic N) is 2. The molecule has 5 nitrogen and oxygen atoms in total. The van der Waals surface area contributed by atoms with Gasteiger partial charge in [-0.1, -0.05) is 43.3 Å². The van der Waals surface area contributed by atoms with E-state index in [0.717, 1.165) is 42.8 Å². The van der Waals surface area contributed by atoms with E-state index in [0.29, 0.717) is 11.3 Å². The molecule has 0 radical (unpaired) electrons. The number of para-hydroxylation sites is 1. The van der Waals surface area contributed by atoms with Gasteiger partial charge in [0, 0.05) is 18.2 Å². The van der Waals surface area contributed by atoms with Crippen LogP contribution in [0, 0.1) is 6.92 Å². The molecule has 1 aliphatic rings. The summed E-state index contributed by atoms with van der Waals surface area (Å²) < 4.78 is 0. The topological polar surface area (TPSA) is 65.5 Å². The second-order valence-corrected chi connectivity index (χ2v) is 8.60. The molecule has 2 N–H and O–H groups in total. The maximum atomic E-state index is 13.0. The lowest BCUT2D eigenvalue weighted by atomic mass is 9.98. The fraction of sp³-hybridized carbons (Fsp3) is 0.333. The lowest BCUT2D eigenvalue weighted by Crippen LogP contribution is -2.46. The van der Waals surface area contributed by atoms with Crippen LogP contribution in [-0.2, 0) is 4.79 Å². The first kappa shape index (κ1) is 21.9. The molecule has 1 amide bonds. The fourth-order valence-electron chi connectivity index (χ4n) is 4.30. The molecule has 0 aliphatic carbocycles. The third-order valence-electron chi connectivity index (χ3n) is 6.30. The van der Waals surface area contributed by atoms with Crippen molar-refractivity contribution >= 4 is 11.7 Å². The van der Waals surface area contributed by atoms with Crippen LogP contribution in [0.4, 0.5) is 5.82 Å². The van der Waals surface area contributed by atoms with Crippen molar-refractivity contribution in [2.75, 3.05) is 11.4 Å². The van der Waals surface area contributed by atoms with Gasteiger partial charge in [-0.3, -0.25) is 4.79 Å². The summed E-state index contributed by atoms with van der Waals surface area (Å²) in [5, 5.41) is 13.6. The van der Waals surface area contributed by atoms with Crippen molar-refractivity contribution in [2.45, 2.75) is 52.1 Å². The highest BCUT2D eigenvalue weighted by Crippen LogP contribution is 2.36. The van der Waals surface area contributed by atoms with Gasteiger partial charge in [-0.15, -0.1) is 0 Å². The number of phenolic OH excluding ortho intramolecular Hbond substituents is 1. The zero-order valence-electron chi connectivity index (χ0n) is 19.0. The van der Waals surface area contributed by atoms with Crippen LogP contribution in [0.3, 0.4) is 0 Å².